The molecule has 0 radical (unpaired) electrons. The minimum atomic E-state index is -0.319. The Morgan fingerprint density at radius 1 is 0.895 bits per heavy atom. The molecule has 0 spiro atoms. The number of nitrogens with two attached hydrogens (primary N) is 1. The molecule has 0 fully saturated rings. The minimum absolute atomic E-state index is 0.319. The second-order valence-electron chi connectivity index (χ2n) is 3.92. The Labute approximate surface area is 131 Å². The lowest BCUT2D eigenvalue weighted by atomic mass is 9.99. The van der Waals surface area contributed by atoms with Crippen LogP contribution in [-0.4, -0.2) is 0 Å². The molecular formula is C13H10Cl4N2. The molecule has 0 bridgehead atoms. The maximum absolute atomic E-state index is 6.20. The molecule has 2 nitrogen and oxygen atoms in total. The molecule has 2 aromatic rings. The van der Waals surface area contributed by atoms with E-state index in [1.54, 1.807) is 18.2 Å². The third-order valence-corrected chi connectivity index (χ3v) is 4.31. The maximum atomic E-state index is 6.20. The normalized spacial score (nSPS) is 12.5. The molecule has 3 N–H and O–H groups in total. The van der Waals surface area contributed by atoms with E-state index in [0.717, 1.165) is 11.1 Å². The van der Waals surface area contributed by atoms with Crippen LogP contribution in [0.25, 0.3) is 0 Å². The van der Waals surface area contributed by atoms with E-state index in [4.69, 9.17) is 52.2 Å². The first kappa shape index (κ1) is 14.9. The Morgan fingerprint density at radius 2 is 1.63 bits per heavy atom. The van der Waals surface area contributed by atoms with Crippen molar-refractivity contribution in [2.45, 2.75) is 6.04 Å². The molecule has 19 heavy (non-hydrogen) atoms. The molecule has 0 saturated heterocycles. The number of hydrazine groups is 1. The Hall–Kier alpha value is -0.480. The van der Waals surface area contributed by atoms with Gasteiger partial charge in [0, 0.05) is 0 Å². The Bertz CT molecular complexity index is 601. The van der Waals surface area contributed by atoms with Crippen molar-refractivity contribution in [2.24, 2.45) is 5.84 Å². The number of halogens is 4. The van der Waals surface area contributed by atoms with Crippen LogP contribution in [0.5, 0.6) is 0 Å². The van der Waals surface area contributed by atoms with Gasteiger partial charge in [-0.25, -0.2) is 5.43 Å². The topological polar surface area (TPSA) is 38.0 Å². The Morgan fingerprint density at radius 3 is 2.26 bits per heavy atom. The zero-order chi connectivity index (χ0) is 14.0. The van der Waals surface area contributed by atoms with Crippen molar-refractivity contribution in [3.63, 3.8) is 0 Å². The van der Waals surface area contributed by atoms with Gasteiger partial charge in [-0.15, -0.1) is 0 Å². The Kier molecular flexibility index (Phi) is 4.96. The Balaban J connectivity index is 2.50. The third kappa shape index (κ3) is 3.16. The van der Waals surface area contributed by atoms with Crippen LogP contribution >= 0.6 is 46.4 Å². The SMILES string of the molecule is NNC(c1ccc(Cl)c(Cl)c1)c1cccc(Cl)c1Cl. The van der Waals surface area contributed by atoms with Gasteiger partial charge in [-0.2, -0.15) is 0 Å². The second-order valence-corrected chi connectivity index (χ2v) is 5.52. The van der Waals surface area contributed by atoms with Crippen molar-refractivity contribution in [3.05, 3.63) is 67.6 Å². The highest BCUT2D eigenvalue weighted by Gasteiger charge is 2.17. The lowest BCUT2D eigenvalue weighted by Crippen LogP contribution is -2.29. The molecular weight excluding hydrogens is 326 g/mol. The molecule has 100 valence electrons. The van der Waals surface area contributed by atoms with Crippen LogP contribution < -0.4 is 11.3 Å². The predicted molar refractivity (Wildman–Crippen MR) is 82.1 cm³/mol. The highest BCUT2D eigenvalue weighted by molar-refractivity contribution is 6.42. The van der Waals surface area contributed by atoms with Crippen molar-refractivity contribution in [1.82, 2.24) is 5.43 Å². The molecule has 0 amide bonds. The van der Waals surface area contributed by atoms with Gasteiger partial charge in [0.2, 0.25) is 0 Å². The zero-order valence-corrected chi connectivity index (χ0v) is 12.7. The van der Waals surface area contributed by atoms with Crippen LogP contribution in [0.4, 0.5) is 0 Å². The summed E-state index contributed by atoms with van der Waals surface area (Å²) in [4.78, 5) is 0. The first-order chi connectivity index (χ1) is 9.04. The van der Waals surface area contributed by atoms with Crippen LogP contribution in [0.1, 0.15) is 17.2 Å². The van der Waals surface area contributed by atoms with Gasteiger partial charge in [-0.1, -0.05) is 64.6 Å². The van der Waals surface area contributed by atoms with Crippen molar-refractivity contribution in [1.29, 1.82) is 0 Å². The summed E-state index contributed by atoms with van der Waals surface area (Å²) in [7, 11) is 0. The molecule has 6 heteroatoms. The lowest BCUT2D eigenvalue weighted by molar-refractivity contribution is 0.637. The average molecular weight is 336 g/mol. The first-order valence-electron chi connectivity index (χ1n) is 5.39. The van der Waals surface area contributed by atoms with Gasteiger partial charge < -0.3 is 0 Å². The minimum Gasteiger partial charge on any atom is -0.271 e. The summed E-state index contributed by atoms with van der Waals surface area (Å²) in [6.45, 7) is 0. The summed E-state index contributed by atoms with van der Waals surface area (Å²) < 4.78 is 0. The van der Waals surface area contributed by atoms with Gasteiger partial charge in [0.15, 0.2) is 0 Å². The van der Waals surface area contributed by atoms with E-state index in [0.29, 0.717) is 20.1 Å². The number of benzene rings is 2. The second kappa shape index (κ2) is 6.31. The number of hydrogen-bond acceptors (Lipinski definition) is 2. The first-order valence-corrected chi connectivity index (χ1v) is 6.90. The average Bonchev–Trinajstić information content (AvgIpc) is 2.39. The van der Waals surface area contributed by atoms with E-state index >= 15 is 0 Å². The molecule has 0 heterocycles. The van der Waals surface area contributed by atoms with Gasteiger partial charge in [-0.3, -0.25) is 5.84 Å². The van der Waals surface area contributed by atoms with Crippen molar-refractivity contribution >= 4 is 46.4 Å². The smallest absolute Gasteiger partial charge is 0.0725 e. The van der Waals surface area contributed by atoms with E-state index in [1.165, 1.54) is 0 Å². The molecule has 0 aliphatic rings. The van der Waals surface area contributed by atoms with Crippen LogP contribution in [0, 0.1) is 0 Å². The fourth-order valence-corrected chi connectivity index (χ4v) is 2.52. The predicted octanol–water partition coefficient (Wildman–Crippen LogP) is 4.85. The van der Waals surface area contributed by atoms with Crippen LogP contribution in [-0.2, 0) is 0 Å². The monoisotopic (exact) mass is 334 g/mol. The molecule has 2 aromatic carbocycles. The molecule has 0 aliphatic heterocycles. The highest BCUT2D eigenvalue weighted by atomic mass is 35.5. The molecule has 0 aliphatic carbocycles. The summed E-state index contributed by atoms with van der Waals surface area (Å²) in [5.41, 5.74) is 4.33. The maximum Gasteiger partial charge on any atom is 0.0725 e. The summed E-state index contributed by atoms with van der Waals surface area (Å²) in [6.07, 6.45) is 0. The number of nitrogens with one attached hydrogen (secondary N) is 1. The van der Waals surface area contributed by atoms with E-state index in [-0.39, 0.29) is 6.04 Å². The van der Waals surface area contributed by atoms with Crippen LogP contribution in [0.2, 0.25) is 20.1 Å². The van der Waals surface area contributed by atoms with Gasteiger partial charge in [0.05, 0.1) is 26.1 Å². The van der Waals surface area contributed by atoms with Crippen LogP contribution in [0.15, 0.2) is 36.4 Å². The molecule has 2 rings (SSSR count). The molecule has 0 saturated carbocycles. The van der Waals surface area contributed by atoms with Gasteiger partial charge >= 0.3 is 0 Å². The highest BCUT2D eigenvalue weighted by Crippen LogP contribution is 2.34. The zero-order valence-electron chi connectivity index (χ0n) is 9.63. The number of hydrogen-bond donors (Lipinski definition) is 2. The van der Waals surface area contributed by atoms with Crippen molar-refractivity contribution in [3.8, 4) is 0 Å². The van der Waals surface area contributed by atoms with Crippen molar-refractivity contribution < 1.29 is 0 Å². The molecule has 0 aromatic heterocycles. The van der Waals surface area contributed by atoms with Gasteiger partial charge in [0.1, 0.15) is 0 Å². The van der Waals surface area contributed by atoms with Crippen LogP contribution in [0.3, 0.4) is 0 Å². The number of rotatable bonds is 3. The molecule has 1 atom stereocenters. The fourth-order valence-electron chi connectivity index (χ4n) is 1.80. The van der Waals surface area contributed by atoms with Gasteiger partial charge in [0.25, 0.3) is 0 Å². The van der Waals surface area contributed by atoms with E-state index in [1.807, 2.05) is 18.2 Å². The van der Waals surface area contributed by atoms with Crippen molar-refractivity contribution in [2.75, 3.05) is 0 Å². The third-order valence-electron chi connectivity index (χ3n) is 2.74. The summed E-state index contributed by atoms with van der Waals surface area (Å²) in [6, 6.07) is 10.3. The summed E-state index contributed by atoms with van der Waals surface area (Å²) >= 11 is 24.1. The van der Waals surface area contributed by atoms with E-state index in [2.05, 4.69) is 5.43 Å². The standard InChI is InChI=1S/C13H10Cl4N2/c14-9-5-4-7(6-11(9)16)13(19-18)8-2-1-3-10(15)12(8)17/h1-6,13,19H,18H2. The van der Waals surface area contributed by atoms with E-state index < -0.39 is 0 Å². The largest absolute Gasteiger partial charge is 0.271 e. The lowest BCUT2D eigenvalue weighted by Gasteiger charge is -2.19. The summed E-state index contributed by atoms with van der Waals surface area (Å²) in [5.74, 6) is 5.62. The van der Waals surface area contributed by atoms with E-state index in [9.17, 15) is 0 Å². The quantitative estimate of drug-likeness (QED) is 0.621. The molecule has 1 unspecified atom stereocenters. The van der Waals surface area contributed by atoms with Gasteiger partial charge in [-0.05, 0) is 29.3 Å². The summed E-state index contributed by atoms with van der Waals surface area (Å²) in [5, 5.41) is 1.87. The fraction of sp³-hybridized carbons (Fsp3) is 0.0769.